The molecule has 7 heteroatoms. The number of hydrogen-bond donors (Lipinski definition) is 2. The normalized spacial score (nSPS) is 14.5. The second-order valence-corrected chi connectivity index (χ2v) is 6.97. The van der Waals surface area contributed by atoms with Crippen molar-refractivity contribution in [1.82, 2.24) is 19.6 Å². The molecule has 0 aliphatic carbocycles. The summed E-state index contributed by atoms with van der Waals surface area (Å²) in [6, 6.07) is 10.6. The van der Waals surface area contributed by atoms with Gasteiger partial charge >= 0.3 is 0 Å². The van der Waals surface area contributed by atoms with E-state index in [9.17, 15) is 0 Å². The van der Waals surface area contributed by atoms with Crippen molar-refractivity contribution in [2.45, 2.75) is 6.92 Å². The summed E-state index contributed by atoms with van der Waals surface area (Å²) in [6.07, 6.45) is 7.48. The molecule has 0 atom stereocenters. The van der Waals surface area contributed by atoms with Crippen LogP contribution in [0.1, 0.15) is 5.56 Å². The van der Waals surface area contributed by atoms with Crippen molar-refractivity contribution < 1.29 is 4.74 Å². The summed E-state index contributed by atoms with van der Waals surface area (Å²) >= 11 is 0. The largest absolute Gasteiger partial charge is 0.378 e. The van der Waals surface area contributed by atoms with E-state index in [2.05, 4.69) is 67.1 Å². The minimum atomic E-state index is 0.792. The molecule has 0 bridgehead atoms. The van der Waals surface area contributed by atoms with Crippen molar-refractivity contribution in [3.05, 3.63) is 60.7 Å². The molecule has 5 rings (SSSR count). The zero-order chi connectivity index (χ0) is 18.9. The second kappa shape index (κ2) is 7.01. The van der Waals surface area contributed by atoms with Gasteiger partial charge in [0.2, 0.25) is 0 Å². The van der Waals surface area contributed by atoms with Gasteiger partial charge in [0, 0.05) is 48.6 Å². The molecule has 0 amide bonds. The van der Waals surface area contributed by atoms with E-state index in [1.54, 1.807) is 0 Å². The van der Waals surface area contributed by atoms with E-state index in [4.69, 9.17) is 4.74 Å². The number of benzene rings is 1. The Morgan fingerprint density at radius 2 is 2.04 bits per heavy atom. The van der Waals surface area contributed by atoms with Gasteiger partial charge in [-0.2, -0.15) is 5.10 Å². The van der Waals surface area contributed by atoms with Crippen LogP contribution in [0.25, 0.3) is 16.9 Å². The van der Waals surface area contributed by atoms with E-state index in [0.717, 1.165) is 54.6 Å². The van der Waals surface area contributed by atoms with Gasteiger partial charge in [-0.15, -0.1) is 0 Å². The molecule has 7 nitrogen and oxygen atoms in total. The molecule has 1 aliphatic heterocycles. The number of hydrogen-bond acceptors (Lipinski definition) is 5. The van der Waals surface area contributed by atoms with E-state index in [0.29, 0.717) is 0 Å². The van der Waals surface area contributed by atoms with E-state index in [1.165, 1.54) is 11.3 Å². The van der Waals surface area contributed by atoms with E-state index in [1.807, 2.05) is 24.8 Å². The predicted molar refractivity (Wildman–Crippen MR) is 110 cm³/mol. The van der Waals surface area contributed by atoms with Gasteiger partial charge in [-0.05, 0) is 42.8 Å². The maximum Gasteiger partial charge on any atom is 0.161 e. The SMILES string of the molecule is Cc1cc(Nc2ccc(-c3cn[nH]c3)n3ccnc23)ccc1N1CCOCC1. The van der Waals surface area contributed by atoms with Crippen LogP contribution in [0, 0.1) is 6.92 Å². The number of aromatic amines is 1. The quantitative estimate of drug-likeness (QED) is 0.571. The summed E-state index contributed by atoms with van der Waals surface area (Å²) in [5, 5.41) is 10.4. The number of nitrogens with one attached hydrogen (secondary N) is 2. The van der Waals surface area contributed by atoms with Crippen molar-refractivity contribution >= 4 is 22.7 Å². The Morgan fingerprint density at radius 1 is 1.14 bits per heavy atom. The summed E-state index contributed by atoms with van der Waals surface area (Å²) in [5.74, 6) is 0. The molecule has 3 aromatic heterocycles. The van der Waals surface area contributed by atoms with Crippen LogP contribution in [-0.2, 0) is 4.74 Å². The molecular weight excluding hydrogens is 352 g/mol. The molecule has 1 aromatic carbocycles. The first-order chi connectivity index (χ1) is 13.8. The highest BCUT2D eigenvalue weighted by atomic mass is 16.5. The molecule has 0 spiro atoms. The van der Waals surface area contributed by atoms with Crippen LogP contribution in [0.3, 0.4) is 0 Å². The van der Waals surface area contributed by atoms with Gasteiger partial charge in [0.25, 0.3) is 0 Å². The van der Waals surface area contributed by atoms with Crippen molar-refractivity contribution in [2.75, 3.05) is 36.5 Å². The third-order valence-electron chi connectivity index (χ3n) is 5.17. The van der Waals surface area contributed by atoms with E-state index < -0.39 is 0 Å². The van der Waals surface area contributed by atoms with E-state index in [-0.39, 0.29) is 0 Å². The molecule has 1 aliphatic rings. The lowest BCUT2D eigenvalue weighted by atomic mass is 10.1. The van der Waals surface area contributed by atoms with Crippen LogP contribution >= 0.6 is 0 Å². The molecule has 4 aromatic rings. The minimum Gasteiger partial charge on any atom is -0.378 e. The lowest BCUT2D eigenvalue weighted by molar-refractivity contribution is 0.122. The number of H-pyrrole nitrogens is 1. The highest BCUT2D eigenvalue weighted by Gasteiger charge is 2.14. The molecule has 28 heavy (non-hydrogen) atoms. The number of morpholine rings is 1. The Bertz CT molecular complexity index is 1100. The Kier molecular flexibility index (Phi) is 4.21. The highest BCUT2D eigenvalue weighted by Crippen LogP contribution is 2.29. The Morgan fingerprint density at radius 3 is 2.82 bits per heavy atom. The molecule has 0 radical (unpaired) electrons. The highest BCUT2D eigenvalue weighted by molar-refractivity contribution is 5.78. The zero-order valence-electron chi connectivity index (χ0n) is 15.7. The number of fused-ring (bicyclic) bond motifs is 1. The number of anilines is 3. The molecular formula is C21H22N6O. The van der Waals surface area contributed by atoms with Gasteiger partial charge in [0.05, 0.1) is 30.8 Å². The molecule has 4 heterocycles. The third kappa shape index (κ3) is 2.99. The maximum absolute atomic E-state index is 5.46. The van der Waals surface area contributed by atoms with Crippen molar-refractivity contribution in [1.29, 1.82) is 0 Å². The monoisotopic (exact) mass is 374 g/mol. The number of nitrogens with zero attached hydrogens (tertiary/aromatic N) is 4. The Hall–Kier alpha value is -3.32. The van der Waals surface area contributed by atoms with Crippen LogP contribution in [0.5, 0.6) is 0 Å². The van der Waals surface area contributed by atoms with Gasteiger partial charge in [-0.1, -0.05) is 0 Å². The lowest BCUT2D eigenvalue weighted by Gasteiger charge is -2.30. The van der Waals surface area contributed by atoms with Crippen molar-refractivity contribution in [3.63, 3.8) is 0 Å². The van der Waals surface area contributed by atoms with Crippen LogP contribution in [0.15, 0.2) is 55.1 Å². The van der Waals surface area contributed by atoms with Crippen LogP contribution in [0.2, 0.25) is 0 Å². The summed E-state index contributed by atoms with van der Waals surface area (Å²) in [5.41, 5.74) is 7.50. The van der Waals surface area contributed by atoms with Crippen LogP contribution in [-0.4, -0.2) is 45.9 Å². The summed E-state index contributed by atoms with van der Waals surface area (Å²) in [6.45, 7) is 5.62. The number of rotatable bonds is 4. The maximum atomic E-state index is 5.46. The average molecular weight is 374 g/mol. The molecule has 0 saturated carbocycles. The number of imidazole rings is 1. The predicted octanol–water partition coefficient (Wildman–Crippen LogP) is 3.61. The van der Waals surface area contributed by atoms with Crippen LogP contribution < -0.4 is 10.2 Å². The molecule has 142 valence electrons. The standard InChI is InChI=1S/C21H22N6O/c1-15-12-17(2-4-19(15)26-8-10-28-11-9-26)25-18-3-5-20(16-13-23-24-14-16)27-7-6-22-21(18)27/h2-7,12-14,25H,8-11H2,1H3,(H,23,24). The molecule has 1 fully saturated rings. The molecule has 0 unspecified atom stereocenters. The van der Waals surface area contributed by atoms with Gasteiger partial charge in [0.15, 0.2) is 5.65 Å². The molecule has 2 N–H and O–H groups in total. The fraction of sp³-hybridized carbons (Fsp3) is 0.238. The topological polar surface area (TPSA) is 70.5 Å². The average Bonchev–Trinajstić information content (AvgIpc) is 3.42. The summed E-state index contributed by atoms with van der Waals surface area (Å²) < 4.78 is 7.54. The van der Waals surface area contributed by atoms with Crippen LogP contribution in [0.4, 0.5) is 17.1 Å². The fourth-order valence-corrected chi connectivity index (χ4v) is 3.79. The van der Waals surface area contributed by atoms with Gasteiger partial charge in [-0.25, -0.2) is 4.98 Å². The Labute approximate surface area is 163 Å². The number of aryl methyl sites for hydroxylation is 1. The first-order valence-corrected chi connectivity index (χ1v) is 9.45. The summed E-state index contributed by atoms with van der Waals surface area (Å²) in [4.78, 5) is 6.93. The lowest BCUT2D eigenvalue weighted by Crippen LogP contribution is -2.36. The first kappa shape index (κ1) is 16.8. The number of pyridine rings is 1. The third-order valence-corrected chi connectivity index (χ3v) is 5.17. The number of aromatic nitrogens is 4. The smallest absolute Gasteiger partial charge is 0.161 e. The first-order valence-electron chi connectivity index (χ1n) is 9.45. The van der Waals surface area contributed by atoms with Crippen molar-refractivity contribution in [2.24, 2.45) is 0 Å². The van der Waals surface area contributed by atoms with Gasteiger partial charge in [0.1, 0.15) is 0 Å². The van der Waals surface area contributed by atoms with E-state index >= 15 is 0 Å². The molecule has 1 saturated heterocycles. The Balaban J connectivity index is 1.45. The van der Waals surface area contributed by atoms with Gasteiger partial charge in [-0.3, -0.25) is 9.50 Å². The minimum absolute atomic E-state index is 0.792. The van der Waals surface area contributed by atoms with Gasteiger partial charge < -0.3 is 15.0 Å². The summed E-state index contributed by atoms with van der Waals surface area (Å²) in [7, 11) is 0. The number of ether oxygens (including phenoxy) is 1. The zero-order valence-corrected chi connectivity index (χ0v) is 15.7. The fourth-order valence-electron chi connectivity index (χ4n) is 3.79. The second-order valence-electron chi connectivity index (χ2n) is 6.97. The van der Waals surface area contributed by atoms with Crippen molar-refractivity contribution in [3.8, 4) is 11.3 Å².